The smallest absolute Gasteiger partial charge is 0.311 e. The number of carbonyl (C=O) groups excluding carboxylic acids is 2. The van der Waals surface area contributed by atoms with E-state index in [-0.39, 0.29) is 0 Å². The third-order valence-electron chi connectivity index (χ3n) is 1.65. The average Bonchev–Trinajstić information content (AvgIpc) is 2.12. The van der Waals surface area contributed by atoms with Crippen molar-refractivity contribution in [1.82, 2.24) is 9.80 Å². The van der Waals surface area contributed by atoms with Crippen LogP contribution in [0.25, 0.3) is 0 Å². The van der Waals surface area contributed by atoms with Gasteiger partial charge in [0.1, 0.15) is 0 Å². The minimum atomic E-state index is -0.409. The molecule has 0 aromatic rings. The van der Waals surface area contributed by atoms with Crippen LogP contribution in [0.1, 0.15) is 13.8 Å². The fourth-order valence-electron chi connectivity index (χ4n) is 0.830. The third-order valence-corrected chi connectivity index (χ3v) is 1.65. The normalized spacial score (nSPS) is 17.3. The highest BCUT2D eigenvalue weighted by Crippen LogP contribution is 1.98. The summed E-state index contributed by atoms with van der Waals surface area (Å²) in [5.74, 6) is -0.817. The van der Waals surface area contributed by atoms with E-state index < -0.39 is 11.8 Å². The summed E-state index contributed by atoms with van der Waals surface area (Å²) in [5, 5.41) is 0. The number of hydrogen-bond donors (Lipinski definition) is 0. The zero-order chi connectivity index (χ0) is 9.72. The predicted molar refractivity (Wildman–Crippen MR) is 46.6 cm³/mol. The molecule has 0 saturated carbocycles. The average molecular weight is 172 g/mol. The van der Waals surface area contributed by atoms with Gasteiger partial charge in [-0.3, -0.25) is 9.59 Å². The van der Waals surface area contributed by atoms with Crippen molar-refractivity contribution in [3.8, 4) is 0 Å². The zero-order valence-electron chi connectivity index (χ0n) is 8.13. The van der Waals surface area contributed by atoms with Crippen LogP contribution < -0.4 is 0 Å². The number of carbonyl (C=O) groups is 2. The summed E-state index contributed by atoms with van der Waals surface area (Å²) < 4.78 is 0. The van der Waals surface area contributed by atoms with Gasteiger partial charge in [-0.05, 0) is 0 Å². The summed E-state index contributed by atoms with van der Waals surface area (Å²) in [5.41, 5.74) is 0. The Morgan fingerprint density at radius 3 is 1.42 bits per heavy atom. The van der Waals surface area contributed by atoms with Gasteiger partial charge in [-0.1, -0.05) is 13.8 Å². The lowest BCUT2D eigenvalue weighted by Crippen LogP contribution is -2.50. The maximum atomic E-state index is 10.9. The first-order valence-electron chi connectivity index (χ1n) is 4.13. The molecule has 4 nitrogen and oxygen atoms in total. The van der Waals surface area contributed by atoms with Crippen LogP contribution in [0.4, 0.5) is 0 Å². The molecule has 1 heterocycles. The van der Waals surface area contributed by atoms with Crippen molar-refractivity contribution in [2.75, 3.05) is 27.2 Å². The maximum absolute atomic E-state index is 10.9. The fraction of sp³-hybridized carbons (Fsp3) is 0.750. The van der Waals surface area contributed by atoms with E-state index in [1.165, 1.54) is 9.80 Å². The molecule has 70 valence electrons. The van der Waals surface area contributed by atoms with Gasteiger partial charge >= 0.3 is 11.8 Å². The molecule has 0 spiro atoms. The lowest BCUT2D eigenvalue weighted by Gasteiger charge is -2.28. The standard InChI is InChI=1S/C6H10N2O2.C2H6/c1-7-3-4-8(2)6(10)5(7)9;1-2/h3-4H2,1-2H3;1-2H3. The Morgan fingerprint density at radius 2 is 1.17 bits per heavy atom. The lowest BCUT2D eigenvalue weighted by molar-refractivity contribution is -0.153. The van der Waals surface area contributed by atoms with Crippen molar-refractivity contribution >= 4 is 11.8 Å². The van der Waals surface area contributed by atoms with Gasteiger partial charge in [-0.2, -0.15) is 0 Å². The highest BCUT2D eigenvalue weighted by molar-refractivity contribution is 6.35. The number of piperazine rings is 1. The molecule has 1 aliphatic rings. The molecule has 0 atom stereocenters. The Labute approximate surface area is 73.1 Å². The topological polar surface area (TPSA) is 40.6 Å². The molecule has 0 radical (unpaired) electrons. The molecular weight excluding hydrogens is 156 g/mol. The van der Waals surface area contributed by atoms with Crippen LogP contribution >= 0.6 is 0 Å². The van der Waals surface area contributed by atoms with E-state index in [1.807, 2.05) is 13.8 Å². The van der Waals surface area contributed by atoms with Crippen molar-refractivity contribution in [2.45, 2.75) is 13.8 Å². The van der Waals surface area contributed by atoms with E-state index in [0.29, 0.717) is 13.1 Å². The molecule has 0 aromatic heterocycles. The minimum Gasteiger partial charge on any atom is -0.336 e. The Hall–Kier alpha value is -1.06. The zero-order valence-corrected chi connectivity index (χ0v) is 8.13. The quantitative estimate of drug-likeness (QED) is 0.480. The predicted octanol–water partition coefficient (Wildman–Crippen LogP) is -0.0570. The van der Waals surface area contributed by atoms with Gasteiger partial charge in [0.15, 0.2) is 0 Å². The summed E-state index contributed by atoms with van der Waals surface area (Å²) >= 11 is 0. The van der Waals surface area contributed by atoms with Crippen LogP contribution in [0.15, 0.2) is 0 Å². The van der Waals surface area contributed by atoms with E-state index in [4.69, 9.17) is 0 Å². The van der Waals surface area contributed by atoms with Crippen molar-refractivity contribution in [3.05, 3.63) is 0 Å². The minimum absolute atomic E-state index is 0.409. The first-order valence-corrected chi connectivity index (χ1v) is 4.13. The van der Waals surface area contributed by atoms with Crippen molar-refractivity contribution in [1.29, 1.82) is 0 Å². The molecule has 0 bridgehead atoms. The molecule has 0 aliphatic carbocycles. The Kier molecular flexibility index (Phi) is 4.33. The Bertz CT molecular complexity index is 160. The van der Waals surface area contributed by atoms with E-state index in [9.17, 15) is 9.59 Å². The highest BCUT2D eigenvalue weighted by atomic mass is 16.2. The second-order valence-electron chi connectivity index (χ2n) is 2.45. The Balaban J connectivity index is 0.000000561. The number of hydrogen-bond acceptors (Lipinski definition) is 2. The fourth-order valence-corrected chi connectivity index (χ4v) is 0.830. The van der Waals surface area contributed by atoms with Crippen LogP contribution in [-0.2, 0) is 9.59 Å². The first kappa shape index (κ1) is 10.9. The van der Waals surface area contributed by atoms with Gasteiger partial charge in [0.05, 0.1) is 0 Å². The largest absolute Gasteiger partial charge is 0.336 e. The van der Waals surface area contributed by atoms with E-state index in [2.05, 4.69) is 0 Å². The number of amides is 2. The van der Waals surface area contributed by atoms with Crippen LogP contribution in [0, 0.1) is 0 Å². The van der Waals surface area contributed by atoms with Crippen LogP contribution in [0.5, 0.6) is 0 Å². The Morgan fingerprint density at radius 1 is 0.917 bits per heavy atom. The second kappa shape index (κ2) is 4.74. The molecule has 1 aliphatic heterocycles. The van der Waals surface area contributed by atoms with Gasteiger partial charge in [0.2, 0.25) is 0 Å². The molecule has 1 saturated heterocycles. The summed E-state index contributed by atoms with van der Waals surface area (Å²) in [6.07, 6.45) is 0. The van der Waals surface area contributed by atoms with Crippen LogP contribution in [-0.4, -0.2) is 48.8 Å². The molecule has 2 amide bonds. The van der Waals surface area contributed by atoms with Gasteiger partial charge in [0, 0.05) is 27.2 Å². The van der Waals surface area contributed by atoms with Crippen LogP contribution in [0.3, 0.4) is 0 Å². The van der Waals surface area contributed by atoms with E-state index in [1.54, 1.807) is 14.1 Å². The van der Waals surface area contributed by atoms with Crippen molar-refractivity contribution in [2.24, 2.45) is 0 Å². The number of nitrogens with zero attached hydrogens (tertiary/aromatic N) is 2. The third kappa shape index (κ3) is 2.22. The summed E-state index contributed by atoms with van der Waals surface area (Å²) in [4.78, 5) is 24.6. The first-order chi connectivity index (χ1) is 5.63. The molecule has 1 fully saturated rings. The highest BCUT2D eigenvalue weighted by Gasteiger charge is 2.26. The van der Waals surface area contributed by atoms with Gasteiger partial charge < -0.3 is 9.80 Å². The van der Waals surface area contributed by atoms with Gasteiger partial charge in [-0.25, -0.2) is 0 Å². The van der Waals surface area contributed by atoms with Crippen molar-refractivity contribution in [3.63, 3.8) is 0 Å². The summed E-state index contributed by atoms with van der Waals surface area (Å²) in [6.45, 7) is 5.28. The second-order valence-corrected chi connectivity index (χ2v) is 2.45. The van der Waals surface area contributed by atoms with Crippen LogP contribution in [0.2, 0.25) is 0 Å². The number of rotatable bonds is 0. The summed E-state index contributed by atoms with van der Waals surface area (Å²) in [7, 11) is 3.26. The SMILES string of the molecule is CC.CN1CCN(C)C(=O)C1=O. The molecular formula is C8H16N2O2. The van der Waals surface area contributed by atoms with E-state index >= 15 is 0 Å². The monoisotopic (exact) mass is 172 g/mol. The molecule has 0 aromatic carbocycles. The van der Waals surface area contributed by atoms with Gasteiger partial charge in [-0.15, -0.1) is 0 Å². The van der Waals surface area contributed by atoms with Crippen molar-refractivity contribution < 1.29 is 9.59 Å². The summed E-state index contributed by atoms with van der Waals surface area (Å²) in [6, 6.07) is 0. The maximum Gasteiger partial charge on any atom is 0.311 e. The molecule has 12 heavy (non-hydrogen) atoms. The number of likely N-dealkylation sites (N-methyl/N-ethyl adjacent to an activating group) is 2. The van der Waals surface area contributed by atoms with E-state index in [0.717, 1.165) is 0 Å². The molecule has 1 rings (SSSR count). The van der Waals surface area contributed by atoms with Gasteiger partial charge in [0.25, 0.3) is 0 Å². The lowest BCUT2D eigenvalue weighted by atomic mass is 10.3. The molecule has 0 unspecified atom stereocenters. The molecule has 4 heteroatoms. The molecule has 0 N–H and O–H groups in total.